The van der Waals surface area contributed by atoms with E-state index >= 15 is 0 Å². The highest BCUT2D eigenvalue weighted by atomic mass is 16.4. The van der Waals surface area contributed by atoms with Crippen molar-refractivity contribution >= 4 is 17.7 Å². The Hall–Kier alpha value is -1.43. The number of hydrogen-bond acceptors (Lipinski definition) is 4. The molecule has 0 aromatic heterocycles. The van der Waals surface area contributed by atoms with Crippen LogP contribution in [-0.4, -0.2) is 33.5 Å². The highest BCUT2D eigenvalue weighted by Crippen LogP contribution is 2.17. The molecule has 0 aromatic carbocycles. The van der Waals surface area contributed by atoms with Gasteiger partial charge >= 0.3 is 11.9 Å². The van der Waals surface area contributed by atoms with Crippen LogP contribution in [0.4, 0.5) is 0 Å². The predicted molar refractivity (Wildman–Crippen MR) is 97.5 cm³/mol. The molecule has 6 nitrogen and oxygen atoms in total. The number of carbonyl (C=O) groups is 3. The molecule has 1 unspecified atom stereocenters. The lowest BCUT2D eigenvalue weighted by molar-refractivity contribution is -0.149. The zero-order valence-corrected chi connectivity index (χ0v) is 15.6. The van der Waals surface area contributed by atoms with Crippen LogP contribution in [0.25, 0.3) is 0 Å². The topological polar surface area (TPSA) is 118 Å². The van der Waals surface area contributed by atoms with Crippen molar-refractivity contribution in [3.63, 3.8) is 0 Å². The first-order valence-electron chi connectivity index (χ1n) is 9.62. The molecule has 0 heterocycles. The van der Waals surface area contributed by atoms with Gasteiger partial charge in [-0.1, -0.05) is 71.1 Å². The second kappa shape index (κ2) is 13.8. The fraction of sp³-hybridized carbons (Fsp3) is 0.842. The molecule has 0 aliphatic heterocycles. The molecule has 0 aliphatic carbocycles. The Balaban J connectivity index is 3.82. The second-order valence-electron chi connectivity index (χ2n) is 6.88. The summed E-state index contributed by atoms with van der Waals surface area (Å²) in [6.45, 7) is 2.21. The lowest BCUT2D eigenvalue weighted by atomic mass is 9.87. The van der Waals surface area contributed by atoms with E-state index in [-0.39, 0.29) is 12.8 Å². The number of carbonyl (C=O) groups excluding carboxylic acids is 1. The molecule has 4 N–H and O–H groups in total. The summed E-state index contributed by atoms with van der Waals surface area (Å²) in [6.07, 6.45) is 11.9. The average Bonchev–Trinajstić information content (AvgIpc) is 2.57. The lowest BCUT2D eigenvalue weighted by Crippen LogP contribution is -2.55. The highest BCUT2D eigenvalue weighted by molar-refractivity contribution is 6.07. The van der Waals surface area contributed by atoms with Crippen molar-refractivity contribution in [1.29, 1.82) is 0 Å². The number of Topliss-reactive ketones (excluding diaryl/α,β-unsaturated/α-hetero) is 1. The van der Waals surface area contributed by atoms with Gasteiger partial charge in [0.25, 0.3) is 0 Å². The van der Waals surface area contributed by atoms with Crippen molar-refractivity contribution in [2.24, 2.45) is 5.73 Å². The Morgan fingerprint density at radius 3 is 1.60 bits per heavy atom. The Morgan fingerprint density at radius 2 is 1.20 bits per heavy atom. The van der Waals surface area contributed by atoms with Crippen LogP contribution in [0.2, 0.25) is 0 Å². The number of ketones is 1. The van der Waals surface area contributed by atoms with Crippen LogP contribution in [-0.2, 0) is 14.4 Å². The summed E-state index contributed by atoms with van der Waals surface area (Å²) < 4.78 is 0. The molecule has 25 heavy (non-hydrogen) atoms. The molecule has 0 bridgehead atoms. The summed E-state index contributed by atoms with van der Waals surface area (Å²) in [5.41, 5.74) is 3.58. The molecule has 0 aromatic rings. The third kappa shape index (κ3) is 10.9. The molecule has 0 rings (SSSR count). The van der Waals surface area contributed by atoms with Crippen molar-refractivity contribution < 1.29 is 24.6 Å². The maximum absolute atomic E-state index is 12.1. The van der Waals surface area contributed by atoms with Gasteiger partial charge in [-0.3, -0.25) is 9.59 Å². The van der Waals surface area contributed by atoms with Gasteiger partial charge in [-0.25, -0.2) is 4.79 Å². The van der Waals surface area contributed by atoms with E-state index < -0.39 is 29.7 Å². The van der Waals surface area contributed by atoms with E-state index in [1.807, 2.05) is 0 Å². The molecule has 6 heteroatoms. The van der Waals surface area contributed by atoms with E-state index in [4.69, 9.17) is 15.9 Å². The van der Waals surface area contributed by atoms with Gasteiger partial charge in [-0.15, -0.1) is 0 Å². The molecule has 146 valence electrons. The Morgan fingerprint density at radius 1 is 0.760 bits per heavy atom. The van der Waals surface area contributed by atoms with Crippen molar-refractivity contribution in [2.45, 2.75) is 102 Å². The molecule has 0 saturated carbocycles. The molecule has 0 aliphatic rings. The van der Waals surface area contributed by atoms with E-state index in [2.05, 4.69) is 6.92 Å². The van der Waals surface area contributed by atoms with Crippen LogP contribution in [0.3, 0.4) is 0 Å². The van der Waals surface area contributed by atoms with Crippen LogP contribution < -0.4 is 5.73 Å². The first-order valence-corrected chi connectivity index (χ1v) is 9.62. The fourth-order valence-electron chi connectivity index (χ4n) is 2.84. The summed E-state index contributed by atoms with van der Waals surface area (Å²) >= 11 is 0. The standard InChI is InChI=1S/C19H35NO5/c1-2-3-4-5-6-7-8-9-10-11-12-13-16(21)19(20,18(24)25)15-14-17(22)23/h2-15,20H2,1H3,(H,22,23)(H,24,25). The van der Waals surface area contributed by atoms with E-state index in [1.54, 1.807) is 0 Å². The van der Waals surface area contributed by atoms with Crippen molar-refractivity contribution in [2.75, 3.05) is 0 Å². The van der Waals surface area contributed by atoms with Crippen LogP contribution in [0.5, 0.6) is 0 Å². The Bertz CT molecular complexity index is 411. The number of hydrogen-bond donors (Lipinski definition) is 3. The van der Waals surface area contributed by atoms with Gasteiger partial charge < -0.3 is 15.9 Å². The highest BCUT2D eigenvalue weighted by Gasteiger charge is 2.41. The molecule has 0 fully saturated rings. The third-order valence-corrected chi connectivity index (χ3v) is 4.62. The van der Waals surface area contributed by atoms with E-state index in [9.17, 15) is 14.4 Å². The summed E-state index contributed by atoms with van der Waals surface area (Å²) in [5.74, 6) is -3.17. The van der Waals surface area contributed by atoms with Crippen LogP contribution in [0.1, 0.15) is 96.8 Å². The minimum atomic E-state index is -2.07. The summed E-state index contributed by atoms with van der Waals surface area (Å²) in [7, 11) is 0. The minimum Gasteiger partial charge on any atom is -0.481 e. The lowest BCUT2D eigenvalue weighted by Gasteiger charge is -2.22. The summed E-state index contributed by atoms with van der Waals surface area (Å²) in [6, 6.07) is 0. The smallest absolute Gasteiger partial charge is 0.331 e. The zero-order chi connectivity index (χ0) is 19.1. The third-order valence-electron chi connectivity index (χ3n) is 4.62. The number of carboxylic acid groups (broad SMARTS) is 2. The van der Waals surface area contributed by atoms with Gasteiger partial charge in [0.1, 0.15) is 0 Å². The number of aliphatic carboxylic acids is 2. The fourth-order valence-corrected chi connectivity index (χ4v) is 2.84. The normalized spacial score (nSPS) is 13.4. The summed E-state index contributed by atoms with van der Waals surface area (Å²) in [4.78, 5) is 33.9. The van der Waals surface area contributed by atoms with Gasteiger partial charge in [-0.2, -0.15) is 0 Å². The first-order chi connectivity index (χ1) is 11.8. The maximum Gasteiger partial charge on any atom is 0.331 e. The second-order valence-corrected chi connectivity index (χ2v) is 6.88. The van der Waals surface area contributed by atoms with Crippen molar-refractivity contribution in [3.8, 4) is 0 Å². The van der Waals surface area contributed by atoms with Gasteiger partial charge in [0.05, 0.1) is 0 Å². The molecule has 0 amide bonds. The predicted octanol–water partition coefficient (Wildman–Crippen LogP) is 3.90. The van der Waals surface area contributed by atoms with Crippen LogP contribution in [0.15, 0.2) is 0 Å². The zero-order valence-electron chi connectivity index (χ0n) is 15.6. The van der Waals surface area contributed by atoms with E-state index in [0.717, 1.165) is 19.3 Å². The largest absolute Gasteiger partial charge is 0.481 e. The quantitative estimate of drug-likeness (QED) is 0.268. The molecule has 0 saturated heterocycles. The van der Waals surface area contributed by atoms with Gasteiger partial charge in [0.15, 0.2) is 11.3 Å². The molecule has 0 spiro atoms. The Labute approximate surface area is 151 Å². The monoisotopic (exact) mass is 357 g/mol. The average molecular weight is 357 g/mol. The molecule has 1 atom stereocenters. The van der Waals surface area contributed by atoms with Gasteiger partial charge in [0, 0.05) is 12.8 Å². The minimum absolute atomic E-state index is 0.0967. The van der Waals surface area contributed by atoms with E-state index in [0.29, 0.717) is 6.42 Å². The maximum atomic E-state index is 12.1. The summed E-state index contributed by atoms with van der Waals surface area (Å²) in [5, 5.41) is 17.8. The van der Waals surface area contributed by atoms with Crippen LogP contribution in [0, 0.1) is 0 Å². The van der Waals surface area contributed by atoms with Crippen molar-refractivity contribution in [1.82, 2.24) is 0 Å². The van der Waals surface area contributed by atoms with Crippen LogP contribution >= 0.6 is 0 Å². The number of unbranched alkanes of at least 4 members (excludes halogenated alkanes) is 10. The van der Waals surface area contributed by atoms with E-state index in [1.165, 1.54) is 44.9 Å². The van der Waals surface area contributed by atoms with Gasteiger partial charge in [0.2, 0.25) is 0 Å². The first kappa shape index (κ1) is 23.6. The number of rotatable bonds is 17. The van der Waals surface area contributed by atoms with Gasteiger partial charge in [-0.05, 0) is 12.8 Å². The van der Waals surface area contributed by atoms with Crippen molar-refractivity contribution in [3.05, 3.63) is 0 Å². The molecular formula is C19H35NO5. The SMILES string of the molecule is CCCCCCCCCCCCCC(=O)C(N)(CCC(=O)O)C(=O)O. The molecular weight excluding hydrogens is 322 g/mol. The molecule has 0 radical (unpaired) electrons. The number of carboxylic acids is 2. The Kier molecular flexibility index (Phi) is 13.0. The number of nitrogens with two attached hydrogens (primary N) is 1.